The molecule has 176 valence electrons. The Labute approximate surface area is 192 Å². The Morgan fingerprint density at radius 3 is 2.48 bits per heavy atom. The van der Waals surface area contributed by atoms with E-state index in [4.69, 9.17) is 14.2 Å². The van der Waals surface area contributed by atoms with Gasteiger partial charge in [-0.15, -0.1) is 0 Å². The van der Waals surface area contributed by atoms with Crippen LogP contribution in [0, 0.1) is 0 Å². The Hall–Kier alpha value is -3.11. The van der Waals surface area contributed by atoms with E-state index in [0.29, 0.717) is 30.3 Å². The van der Waals surface area contributed by atoms with E-state index in [9.17, 15) is 18.0 Å². The van der Waals surface area contributed by atoms with Gasteiger partial charge in [-0.2, -0.15) is 4.31 Å². The van der Waals surface area contributed by atoms with Crippen molar-refractivity contribution in [2.75, 3.05) is 31.6 Å². The van der Waals surface area contributed by atoms with Gasteiger partial charge in [-0.1, -0.05) is 31.0 Å². The van der Waals surface area contributed by atoms with Crippen molar-refractivity contribution in [1.82, 2.24) is 4.31 Å². The highest BCUT2D eigenvalue weighted by molar-refractivity contribution is 7.89. The number of hydrogen-bond donors (Lipinski definition) is 1. The predicted octanol–water partition coefficient (Wildman–Crippen LogP) is 2.57. The molecule has 0 aliphatic carbocycles. The van der Waals surface area contributed by atoms with Crippen LogP contribution in [0.3, 0.4) is 0 Å². The van der Waals surface area contributed by atoms with Crippen molar-refractivity contribution in [3.63, 3.8) is 0 Å². The summed E-state index contributed by atoms with van der Waals surface area (Å²) in [7, 11) is -3.64. The summed E-state index contributed by atoms with van der Waals surface area (Å²) in [6, 6.07) is 13.0. The van der Waals surface area contributed by atoms with Crippen molar-refractivity contribution in [2.24, 2.45) is 0 Å². The van der Waals surface area contributed by atoms with E-state index < -0.39 is 34.6 Å². The fraction of sp³-hybridized carbons (Fsp3) is 0.391. The topological polar surface area (TPSA) is 111 Å². The normalized spacial score (nSPS) is 18.7. The second-order valence-corrected chi connectivity index (χ2v) is 9.80. The molecule has 1 saturated heterocycles. The molecule has 0 saturated carbocycles. The van der Waals surface area contributed by atoms with Crippen LogP contribution in [-0.4, -0.2) is 57.0 Å². The number of carbonyl (C=O) groups is 2. The van der Waals surface area contributed by atoms with E-state index in [1.165, 1.54) is 16.4 Å². The standard InChI is InChI=1S/C23H26N2O7S/c26-22(16-31-23(27)21-15-30-19-10-3-4-11-20(19)32-21)24-17-8-7-9-18(14-17)33(28,29)25-12-5-1-2-6-13-25/h3-4,7-11,14,21H,1-2,5-6,12-13,15-16H2,(H,24,26). The predicted molar refractivity (Wildman–Crippen MR) is 120 cm³/mol. The zero-order valence-electron chi connectivity index (χ0n) is 18.1. The second kappa shape index (κ2) is 10.2. The van der Waals surface area contributed by atoms with Gasteiger partial charge in [0.1, 0.15) is 6.61 Å². The van der Waals surface area contributed by atoms with Crippen LogP contribution in [0.2, 0.25) is 0 Å². The Bertz CT molecular complexity index is 1110. The number of benzene rings is 2. The van der Waals surface area contributed by atoms with E-state index in [1.54, 1.807) is 36.4 Å². The summed E-state index contributed by atoms with van der Waals surface area (Å²) in [6.45, 7) is 0.426. The molecule has 10 heteroatoms. The molecule has 1 amide bonds. The average molecular weight is 475 g/mol. The minimum absolute atomic E-state index is 0.0200. The number of sulfonamides is 1. The van der Waals surface area contributed by atoms with Crippen molar-refractivity contribution in [2.45, 2.75) is 36.7 Å². The molecule has 2 heterocycles. The van der Waals surface area contributed by atoms with Crippen LogP contribution in [0.5, 0.6) is 11.5 Å². The molecule has 2 aliphatic heterocycles. The molecule has 1 unspecified atom stereocenters. The summed E-state index contributed by atoms with van der Waals surface area (Å²) in [4.78, 5) is 24.7. The summed E-state index contributed by atoms with van der Waals surface area (Å²) in [6.07, 6.45) is 2.73. The van der Waals surface area contributed by atoms with Gasteiger partial charge in [0, 0.05) is 18.8 Å². The van der Waals surface area contributed by atoms with Gasteiger partial charge in [0.05, 0.1) is 4.90 Å². The van der Waals surface area contributed by atoms with E-state index in [-0.39, 0.29) is 11.5 Å². The molecule has 1 N–H and O–H groups in total. The van der Waals surface area contributed by atoms with Crippen LogP contribution in [0.25, 0.3) is 0 Å². The summed E-state index contributed by atoms with van der Waals surface area (Å²) in [5.41, 5.74) is 0.304. The molecule has 0 aromatic heterocycles. The third-order valence-corrected chi connectivity index (χ3v) is 7.33. The Morgan fingerprint density at radius 1 is 1.00 bits per heavy atom. The number of amides is 1. The molecule has 0 spiro atoms. The first-order valence-corrected chi connectivity index (χ1v) is 12.3. The Kier molecular flexibility index (Phi) is 7.14. The molecule has 2 aromatic carbocycles. The summed E-state index contributed by atoms with van der Waals surface area (Å²) in [5.74, 6) is -0.353. The van der Waals surface area contributed by atoms with Gasteiger partial charge in [-0.3, -0.25) is 4.79 Å². The number of rotatable bonds is 6. The second-order valence-electron chi connectivity index (χ2n) is 7.87. The van der Waals surface area contributed by atoms with E-state index in [1.807, 2.05) is 0 Å². The molecule has 33 heavy (non-hydrogen) atoms. The van der Waals surface area contributed by atoms with Crippen molar-refractivity contribution >= 4 is 27.6 Å². The van der Waals surface area contributed by atoms with E-state index >= 15 is 0 Å². The van der Waals surface area contributed by atoms with Crippen LogP contribution in [0.4, 0.5) is 5.69 Å². The third-order valence-electron chi connectivity index (χ3n) is 5.44. The Balaban J connectivity index is 1.32. The minimum atomic E-state index is -3.64. The SMILES string of the molecule is O=C(COC(=O)C1COc2ccccc2O1)Nc1cccc(S(=O)(=O)N2CCCCCC2)c1. The number of nitrogens with zero attached hydrogens (tertiary/aromatic N) is 1. The third kappa shape index (κ3) is 5.63. The zero-order valence-corrected chi connectivity index (χ0v) is 18.9. The fourth-order valence-electron chi connectivity index (χ4n) is 3.73. The van der Waals surface area contributed by atoms with Gasteiger partial charge < -0.3 is 19.5 Å². The number of esters is 1. The van der Waals surface area contributed by atoms with Crippen LogP contribution >= 0.6 is 0 Å². The molecule has 2 aliphatic rings. The first kappa shape index (κ1) is 23.1. The largest absolute Gasteiger partial charge is 0.485 e. The first-order valence-electron chi connectivity index (χ1n) is 10.9. The van der Waals surface area contributed by atoms with Gasteiger partial charge >= 0.3 is 5.97 Å². The highest BCUT2D eigenvalue weighted by Gasteiger charge is 2.29. The maximum Gasteiger partial charge on any atom is 0.351 e. The number of para-hydroxylation sites is 2. The van der Waals surface area contributed by atoms with Gasteiger partial charge in [0.2, 0.25) is 16.1 Å². The number of nitrogens with one attached hydrogen (secondary N) is 1. The average Bonchev–Trinajstić information content (AvgIpc) is 3.13. The van der Waals surface area contributed by atoms with Gasteiger partial charge in [-0.25, -0.2) is 13.2 Å². The van der Waals surface area contributed by atoms with Crippen LogP contribution in [0.1, 0.15) is 25.7 Å². The number of anilines is 1. The molecule has 4 rings (SSSR count). The van der Waals surface area contributed by atoms with Crippen molar-refractivity contribution in [3.05, 3.63) is 48.5 Å². The molecular weight excluding hydrogens is 448 g/mol. The number of fused-ring (bicyclic) bond motifs is 1. The lowest BCUT2D eigenvalue weighted by molar-refractivity contribution is -0.156. The summed E-state index contributed by atoms with van der Waals surface area (Å²) in [5, 5.41) is 2.57. The number of ether oxygens (including phenoxy) is 3. The minimum Gasteiger partial charge on any atom is -0.485 e. The molecule has 0 bridgehead atoms. The lowest BCUT2D eigenvalue weighted by Crippen LogP contribution is -2.39. The van der Waals surface area contributed by atoms with Crippen LogP contribution < -0.4 is 14.8 Å². The summed E-state index contributed by atoms with van der Waals surface area (Å²) >= 11 is 0. The lowest BCUT2D eigenvalue weighted by atomic mass is 10.2. The highest BCUT2D eigenvalue weighted by atomic mass is 32.2. The van der Waals surface area contributed by atoms with Crippen molar-refractivity contribution in [3.8, 4) is 11.5 Å². The number of hydrogen-bond acceptors (Lipinski definition) is 7. The van der Waals surface area contributed by atoms with Gasteiger partial charge in [0.25, 0.3) is 5.91 Å². The smallest absolute Gasteiger partial charge is 0.351 e. The van der Waals surface area contributed by atoms with Gasteiger partial charge in [0.15, 0.2) is 18.1 Å². The quantitative estimate of drug-likeness (QED) is 0.641. The van der Waals surface area contributed by atoms with Crippen molar-refractivity contribution in [1.29, 1.82) is 0 Å². The molecule has 1 fully saturated rings. The molecular formula is C23H26N2O7S. The van der Waals surface area contributed by atoms with Gasteiger partial charge in [-0.05, 0) is 43.2 Å². The van der Waals surface area contributed by atoms with E-state index in [2.05, 4.69) is 5.32 Å². The molecule has 9 nitrogen and oxygen atoms in total. The highest BCUT2D eigenvalue weighted by Crippen LogP contribution is 2.31. The first-order chi connectivity index (χ1) is 15.9. The van der Waals surface area contributed by atoms with Crippen molar-refractivity contribution < 1.29 is 32.2 Å². The zero-order chi connectivity index (χ0) is 23.3. The monoisotopic (exact) mass is 474 g/mol. The van der Waals surface area contributed by atoms with E-state index in [0.717, 1.165) is 25.7 Å². The van der Waals surface area contributed by atoms with Crippen LogP contribution in [-0.2, 0) is 24.3 Å². The number of carbonyl (C=O) groups excluding carboxylic acids is 2. The molecule has 0 radical (unpaired) electrons. The fourth-order valence-corrected chi connectivity index (χ4v) is 5.29. The maximum atomic E-state index is 13.0. The maximum absolute atomic E-state index is 13.0. The summed E-state index contributed by atoms with van der Waals surface area (Å²) < 4.78 is 43.5. The lowest BCUT2D eigenvalue weighted by Gasteiger charge is -2.24. The molecule has 1 atom stereocenters. The van der Waals surface area contributed by atoms with Crippen LogP contribution in [0.15, 0.2) is 53.4 Å². The molecule has 2 aromatic rings. The Morgan fingerprint density at radius 2 is 1.73 bits per heavy atom.